The molecule has 0 fully saturated rings. The molecule has 1 heterocycles. The predicted molar refractivity (Wildman–Crippen MR) is 118 cm³/mol. The Bertz CT molecular complexity index is 1100. The number of amides is 2. The van der Waals surface area contributed by atoms with E-state index in [0.29, 0.717) is 34.7 Å². The Hall–Kier alpha value is -3.18. The van der Waals surface area contributed by atoms with Crippen molar-refractivity contribution in [2.24, 2.45) is 0 Å². The van der Waals surface area contributed by atoms with E-state index in [1.807, 2.05) is 49.4 Å². The van der Waals surface area contributed by atoms with Crippen molar-refractivity contribution in [2.45, 2.75) is 6.92 Å². The van der Waals surface area contributed by atoms with Gasteiger partial charge in [0.05, 0.1) is 12.3 Å². The van der Waals surface area contributed by atoms with Crippen LogP contribution in [-0.4, -0.2) is 18.4 Å². The van der Waals surface area contributed by atoms with Crippen LogP contribution in [0.15, 0.2) is 77.3 Å². The summed E-state index contributed by atoms with van der Waals surface area (Å²) in [6.07, 6.45) is 1.82. The topological polar surface area (TPSA) is 46.6 Å². The number of hydrogen-bond acceptors (Lipinski definition) is 3. The summed E-state index contributed by atoms with van der Waals surface area (Å²) < 4.78 is 6.42. The van der Waals surface area contributed by atoms with E-state index in [4.69, 9.17) is 4.74 Å². The highest BCUT2D eigenvalue weighted by molar-refractivity contribution is 9.10. The second-order valence-corrected chi connectivity index (χ2v) is 7.44. The summed E-state index contributed by atoms with van der Waals surface area (Å²) in [5.41, 5.74) is 3.03. The van der Waals surface area contributed by atoms with Crippen LogP contribution in [0.5, 0.6) is 5.75 Å². The van der Waals surface area contributed by atoms with Crippen molar-refractivity contribution in [1.82, 2.24) is 0 Å². The molecule has 0 N–H and O–H groups in total. The third-order valence-electron chi connectivity index (χ3n) is 4.67. The smallest absolute Gasteiger partial charge is 0.265 e. The van der Waals surface area contributed by atoms with Gasteiger partial charge < -0.3 is 4.74 Å². The maximum absolute atomic E-state index is 13.4. The van der Waals surface area contributed by atoms with Gasteiger partial charge in [-0.15, -0.1) is 0 Å². The van der Waals surface area contributed by atoms with E-state index in [1.54, 1.807) is 36.4 Å². The van der Waals surface area contributed by atoms with E-state index in [2.05, 4.69) is 15.9 Å². The summed E-state index contributed by atoms with van der Waals surface area (Å²) in [6, 6.07) is 21.9. The lowest BCUT2D eigenvalue weighted by atomic mass is 9.91. The number of benzene rings is 3. The summed E-state index contributed by atoms with van der Waals surface area (Å²) in [4.78, 5) is 27.7. The van der Waals surface area contributed by atoms with Crippen LogP contribution in [0, 0.1) is 0 Å². The molecule has 29 heavy (non-hydrogen) atoms. The SMILES string of the molecule is CCOc1ccc(N2C(=O)/C(=C/c3ccc(Br)cc3)c3ccccc3C2=O)cc1. The normalized spacial score (nSPS) is 14.8. The Balaban J connectivity index is 1.81. The Labute approximate surface area is 177 Å². The van der Waals surface area contributed by atoms with E-state index < -0.39 is 0 Å². The Morgan fingerprint density at radius 1 is 0.862 bits per heavy atom. The van der Waals surface area contributed by atoms with Gasteiger partial charge in [0, 0.05) is 15.6 Å². The van der Waals surface area contributed by atoms with Gasteiger partial charge in [0.25, 0.3) is 11.8 Å². The molecule has 5 heteroatoms. The second-order valence-electron chi connectivity index (χ2n) is 6.53. The molecule has 1 aliphatic heterocycles. The fourth-order valence-electron chi connectivity index (χ4n) is 3.31. The fourth-order valence-corrected chi connectivity index (χ4v) is 3.57. The van der Waals surface area contributed by atoms with Crippen molar-refractivity contribution in [3.63, 3.8) is 0 Å². The first-order valence-electron chi connectivity index (χ1n) is 9.27. The summed E-state index contributed by atoms with van der Waals surface area (Å²) in [7, 11) is 0. The van der Waals surface area contributed by atoms with Gasteiger partial charge in [-0.25, -0.2) is 4.90 Å². The summed E-state index contributed by atoms with van der Waals surface area (Å²) in [5.74, 6) is 0.0164. The molecule has 0 saturated heterocycles. The first-order chi connectivity index (χ1) is 14.1. The Kier molecular flexibility index (Phi) is 5.32. The molecule has 0 saturated carbocycles. The Morgan fingerprint density at radius 2 is 1.52 bits per heavy atom. The van der Waals surface area contributed by atoms with Gasteiger partial charge in [-0.1, -0.05) is 46.3 Å². The predicted octanol–water partition coefficient (Wildman–Crippen LogP) is 5.58. The molecule has 0 bridgehead atoms. The zero-order chi connectivity index (χ0) is 20.4. The van der Waals surface area contributed by atoms with Crippen molar-refractivity contribution in [1.29, 1.82) is 0 Å². The molecule has 3 aromatic carbocycles. The van der Waals surface area contributed by atoms with Crippen LogP contribution < -0.4 is 9.64 Å². The van der Waals surface area contributed by atoms with Crippen molar-refractivity contribution < 1.29 is 14.3 Å². The lowest BCUT2D eigenvalue weighted by Gasteiger charge is -2.28. The summed E-state index contributed by atoms with van der Waals surface area (Å²) in [5, 5.41) is 0. The molecule has 0 spiro atoms. The van der Waals surface area contributed by atoms with Crippen LogP contribution in [0.25, 0.3) is 11.6 Å². The highest BCUT2D eigenvalue weighted by atomic mass is 79.9. The minimum Gasteiger partial charge on any atom is -0.494 e. The fraction of sp³-hybridized carbons (Fsp3) is 0.0833. The number of carbonyl (C=O) groups excluding carboxylic acids is 2. The number of imide groups is 1. The van der Waals surface area contributed by atoms with Gasteiger partial charge in [0.15, 0.2) is 0 Å². The number of halogens is 1. The molecular weight excluding hydrogens is 430 g/mol. The number of hydrogen-bond donors (Lipinski definition) is 0. The molecule has 0 aliphatic carbocycles. The van der Waals surface area contributed by atoms with Crippen molar-refractivity contribution in [2.75, 3.05) is 11.5 Å². The van der Waals surface area contributed by atoms with Crippen LogP contribution >= 0.6 is 15.9 Å². The van der Waals surface area contributed by atoms with Gasteiger partial charge in [-0.05, 0) is 66.6 Å². The largest absolute Gasteiger partial charge is 0.494 e. The van der Waals surface area contributed by atoms with Gasteiger partial charge in [-0.2, -0.15) is 0 Å². The van der Waals surface area contributed by atoms with Gasteiger partial charge in [0.1, 0.15) is 5.75 Å². The zero-order valence-electron chi connectivity index (χ0n) is 15.8. The summed E-state index contributed by atoms with van der Waals surface area (Å²) >= 11 is 3.42. The maximum Gasteiger partial charge on any atom is 0.265 e. The summed E-state index contributed by atoms with van der Waals surface area (Å²) in [6.45, 7) is 2.45. The van der Waals surface area contributed by atoms with E-state index in [1.165, 1.54) is 4.90 Å². The molecular formula is C24H18BrNO3. The molecule has 0 atom stereocenters. The number of rotatable bonds is 4. The number of fused-ring (bicyclic) bond motifs is 1. The minimum atomic E-state index is -0.347. The standard InChI is InChI=1S/C24H18BrNO3/c1-2-29-19-13-11-18(12-14-19)26-23(27)21-6-4-3-5-20(21)22(24(26)28)15-16-7-9-17(25)10-8-16/h3-15H,2H2,1H3/b22-15+. The van der Waals surface area contributed by atoms with E-state index in [-0.39, 0.29) is 11.8 Å². The van der Waals surface area contributed by atoms with Crippen molar-refractivity contribution in [3.05, 3.63) is 94.0 Å². The third kappa shape index (κ3) is 3.74. The Morgan fingerprint density at radius 3 is 2.17 bits per heavy atom. The molecule has 3 aromatic rings. The molecule has 4 rings (SSSR count). The van der Waals surface area contributed by atoms with Crippen LogP contribution in [0.3, 0.4) is 0 Å². The molecule has 4 nitrogen and oxygen atoms in total. The molecule has 1 aliphatic rings. The first kappa shape index (κ1) is 19.2. The van der Waals surface area contributed by atoms with E-state index >= 15 is 0 Å². The molecule has 0 radical (unpaired) electrons. The highest BCUT2D eigenvalue weighted by Crippen LogP contribution is 2.34. The van der Waals surface area contributed by atoms with Crippen molar-refractivity contribution in [3.8, 4) is 5.75 Å². The van der Waals surface area contributed by atoms with E-state index in [0.717, 1.165) is 10.0 Å². The van der Waals surface area contributed by atoms with Crippen LogP contribution in [-0.2, 0) is 4.79 Å². The quantitative estimate of drug-likeness (QED) is 0.387. The van der Waals surface area contributed by atoms with Gasteiger partial charge in [-0.3, -0.25) is 9.59 Å². The molecule has 144 valence electrons. The molecule has 2 amide bonds. The number of anilines is 1. The third-order valence-corrected chi connectivity index (χ3v) is 5.20. The van der Waals surface area contributed by atoms with Crippen LogP contribution in [0.4, 0.5) is 5.69 Å². The number of ether oxygens (including phenoxy) is 1. The van der Waals surface area contributed by atoms with Crippen LogP contribution in [0.1, 0.15) is 28.4 Å². The second kappa shape index (κ2) is 8.05. The lowest BCUT2D eigenvalue weighted by Crippen LogP contribution is -2.41. The molecule has 0 aromatic heterocycles. The highest BCUT2D eigenvalue weighted by Gasteiger charge is 2.35. The average Bonchev–Trinajstić information content (AvgIpc) is 2.74. The lowest BCUT2D eigenvalue weighted by molar-refractivity contribution is -0.112. The van der Waals surface area contributed by atoms with E-state index in [9.17, 15) is 9.59 Å². The first-order valence-corrected chi connectivity index (χ1v) is 10.1. The van der Waals surface area contributed by atoms with Gasteiger partial charge >= 0.3 is 0 Å². The maximum atomic E-state index is 13.4. The van der Waals surface area contributed by atoms with Crippen LogP contribution in [0.2, 0.25) is 0 Å². The molecule has 0 unspecified atom stereocenters. The number of nitrogens with zero attached hydrogens (tertiary/aromatic N) is 1. The average molecular weight is 448 g/mol. The van der Waals surface area contributed by atoms with Crippen molar-refractivity contribution >= 4 is 45.1 Å². The number of carbonyl (C=O) groups is 2. The minimum absolute atomic E-state index is 0.331. The monoisotopic (exact) mass is 447 g/mol. The van der Waals surface area contributed by atoms with Gasteiger partial charge in [0.2, 0.25) is 0 Å². The zero-order valence-corrected chi connectivity index (χ0v) is 17.3.